The zero-order valence-corrected chi connectivity index (χ0v) is 30.4. The second kappa shape index (κ2) is 16.3. The molecule has 0 amide bonds. The number of phosphoric ester groups is 1. The van der Waals surface area contributed by atoms with Crippen LogP contribution in [0.3, 0.4) is 0 Å². The van der Waals surface area contributed by atoms with E-state index in [1.165, 1.54) is 34.9 Å². The number of nitrogens with zero attached hydrogens (tertiary/aromatic N) is 7. The van der Waals surface area contributed by atoms with Crippen LogP contribution in [0.15, 0.2) is 31.2 Å². The Balaban J connectivity index is 0.000000253. The Kier molecular flexibility index (Phi) is 13.1. The van der Waals surface area contributed by atoms with Gasteiger partial charge in [0, 0.05) is 6.20 Å². The van der Waals surface area contributed by atoms with Crippen LogP contribution in [0.5, 0.6) is 0 Å². The van der Waals surface area contributed by atoms with E-state index in [0.29, 0.717) is 16.9 Å². The van der Waals surface area contributed by atoms with Crippen molar-refractivity contribution < 1.29 is 81.4 Å². The maximum Gasteiger partial charge on any atom is 0.490 e. The lowest BCUT2D eigenvalue weighted by atomic mass is 9.96. The number of fused-ring (bicyclic) bond motifs is 2. The van der Waals surface area contributed by atoms with Crippen molar-refractivity contribution in [1.82, 2.24) is 34.1 Å². The van der Waals surface area contributed by atoms with Crippen LogP contribution in [0, 0.1) is 0 Å². The molecule has 0 aromatic carbocycles. The first-order valence-electron chi connectivity index (χ1n) is 15.1. The molecule has 4 aromatic rings. The van der Waals surface area contributed by atoms with E-state index in [1.54, 1.807) is 6.07 Å². The van der Waals surface area contributed by atoms with Gasteiger partial charge in [-0.2, -0.15) is 8.62 Å². The van der Waals surface area contributed by atoms with Crippen LogP contribution in [0.1, 0.15) is 33.2 Å². The largest absolute Gasteiger partial charge is 0.490 e. The summed E-state index contributed by atoms with van der Waals surface area (Å²) < 4.78 is 59.2. The molecule has 2 aliphatic rings. The van der Waals surface area contributed by atoms with Gasteiger partial charge in [-0.3, -0.25) is 13.7 Å². The fraction of sp³-hybridized carbons (Fsp3) is 0.542. The number of imidazole rings is 2. The second-order valence-corrected chi connectivity index (χ2v) is 15.5. The smallest absolute Gasteiger partial charge is 0.397 e. The molecule has 4 unspecified atom stereocenters. The molecule has 26 nitrogen and oxygen atoms in total. The molecular weight excluding hydrogens is 779 g/mol. The molecule has 296 valence electrons. The maximum absolute atomic E-state index is 11.9. The van der Waals surface area contributed by atoms with E-state index < -0.39 is 78.7 Å². The normalized spacial score (nSPS) is 29.5. The van der Waals surface area contributed by atoms with Crippen molar-refractivity contribution in [3.8, 4) is 0 Å². The van der Waals surface area contributed by atoms with Gasteiger partial charge in [0.1, 0.15) is 53.5 Å². The van der Waals surface area contributed by atoms with Crippen molar-refractivity contribution in [2.24, 2.45) is 0 Å². The number of aromatic nitrogens is 7. The van der Waals surface area contributed by atoms with Crippen LogP contribution in [0.25, 0.3) is 22.3 Å². The minimum atomic E-state index is -5.71. The highest BCUT2D eigenvalue weighted by atomic mass is 31.3. The first-order chi connectivity index (χ1) is 24.7. The number of aliphatic hydroxyl groups excluding tert-OH is 4. The predicted octanol–water partition coefficient (Wildman–Crippen LogP) is -1.59. The summed E-state index contributed by atoms with van der Waals surface area (Å²) in [6.07, 6.45) is -3.28. The number of nitrogens with two attached hydrogens (primary N) is 2. The summed E-state index contributed by atoms with van der Waals surface area (Å²) in [5.41, 5.74) is 11.2. The second-order valence-electron chi connectivity index (χ2n) is 11.1. The van der Waals surface area contributed by atoms with E-state index in [0.717, 1.165) is 6.33 Å². The molecule has 2 aliphatic heterocycles. The van der Waals surface area contributed by atoms with Crippen molar-refractivity contribution in [1.29, 1.82) is 0 Å². The van der Waals surface area contributed by atoms with Crippen molar-refractivity contribution >= 4 is 57.3 Å². The quantitative estimate of drug-likeness (QED) is 0.0804. The number of anilines is 2. The van der Waals surface area contributed by atoms with Crippen LogP contribution in [0.2, 0.25) is 0 Å². The van der Waals surface area contributed by atoms with Gasteiger partial charge < -0.3 is 66.0 Å². The van der Waals surface area contributed by atoms with Crippen molar-refractivity contribution in [3.05, 3.63) is 31.2 Å². The van der Waals surface area contributed by atoms with Gasteiger partial charge in [-0.05, 0) is 13.0 Å². The minimum absolute atomic E-state index is 0.0381. The summed E-state index contributed by atoms with van der Waals surface area (Å²) in [6.45, 7) is 3.84. The highest BCUT2D eigenvalue weighted by molar-refractivity contribution is 7.66. The number of nitrogen functional groups attached to an aromatic ring is 2. The van der Waals surface area contributed by atoms with Gasteiger partial charge in [0.05, 0.1) is 31.6 Å². The topological polar surface area (TPSA) is 406 Å². The Hall–Kier alpha value is -3.10. The number of hydrogen-bond donors (Lipinski definition) is 11. The highest BCUT2D eigenvalue weighted by Gasteiger charge is 2.54. The molecule has 0 spiro atoms. The van der Waals surface area contributed by atoms with Crippen LogP contribution < -0.4 is 11.5 Å². The van der Waals surface area contributed by atoms with Gasteiger partial charge in [-0.25, -0.2) is 38.6 Å². The summed E-state index contributed by atoms with van der Waals surface area (Å²) in [5.74, 6) is 0.0381. The number of phosphoric acid groups is 3. The van der Waals surface area contributed by atoms with Crippen LogP contribution in [-0.2, 0) is 36.3 Å². The zero-order valence-electron chi connectivity index (χ0n) is 27.8. The molecular formula is C24H38N9O17P3. The molecule has 0 aliphatic carbocycles. The van der Waals surface area contributed by atoms with Crippen molar-refractivity contribution in [3.63, 3.8) is 0 Å². The first kappa shape index (κ1) is 42.6. The monoisotopic (exact) mass is 817 g/mol. The number of pyridine rings is 1. The SMILES string of the molecule is CC.CC1(O)[C@@H](O)[C@@H](COP(=O)(O)OP(=O)(O)OP(=O)(O)O)O[C@H]1n1cnc2c(N)ncnc21.Nc1ccnc2c1ncn2[C@@H]1O[C@H](CO)[C@H](O)C1O. The van der Waals surface area contributed by atoms with Gasteiger partial charge in [-0.1, -0.05) is 13.8 Å². The lowest BCUT2D eigenvalue weighted by Crippen LogP contribution is -2.44. The number of ether oxygens (including phenoxy) is 2. The highest BCUT2D eigenvalue weighted by Crippen LogP contribution is 2.66. The van der Waals surface area contributed by atoms with Crippen LogP contribution in [-0.4, -0.2) is 128 Å². The van der Waals surface area contributed by atoms with E-state index in [1.807, 2.05) is 13.8 Å². The van der Waals surface area contributed by atoms with Gasteiger partial charge in [0.15, 0.2) is 29.6 Å². The first-order valence-corrected chi connectivity index (χ1v) is 19.6. The average Bonchev–Trinajstić information content (AvgIpc) is 3.81. The van der Waals surface area contributed by atoms with E-state index >= 15 is 0 Å². The third-order valence-corrected chi connectivity index (χ3v) is 11.3. The molecule has 0 bridgehead atoms. The molecule has 6 heterocycles. The molecule has 0 radical (unpaired) electrons. The molecule has 2 fully saturated rings. The molecule has 13 N–H and O–H groups in total. The number of rotatable bonds is 10. The Labute approximate surface area is 298 Å². The Morgan fingerprint density at radius 3 is 2.09 bits per heavy atom. The van der Waals surface area contributed by atoms with Crippen LogP contribution in [0.4, 0.5) is 11.5 Å². The molecule has 29 heteroatoms. The van der Waals surface area contributed by atoms with Crippen molar-refractivity contribution in [2.45, 2.75) is 69.3 Å². The molecule has 6 rings (SSSR count). The third kappa shape index (κ3) is 9.41. The molecule has 10 atom stereocenters. The predicted molar refractivity (Wildman–Crippen MR) is 176 cm³/mol. The zero-order chi connectivity index (χ0) is 39.7. The fourth-order valence-corrected chi connectivity index (χ4v) is 8.17. The summed E-state index contributed by atoms with van der Waals surface area (Å²) in [7, 11) is -16.7. The Morgan fingerprint density at radius 1 is 0.849 bits per heavy atom. The lowest BCUT2D eigenvalue weighted by Gasteiger charge is -2.27. The van der Waals surface area contributed by atoms with Gasteiger partial charge >= 0.3 is 23.5 Å². The van der Waals surface area contributed by atoms with Gasteiger partial charge in [-0.15, -0.1) is 0 Å². The van der Waals surface area contributed by atoms with Gasteiger partial charge in [0.2, 0.25) is 0 Å². The minimum Gasteiger partial charge on any atom is -0.397 e. The maximum atomic E-state index is 11.9. The van der Waals surface area contributed by atoms with Gasteiger partial charge in [0.25, 0.3) is 0 Å². The van der Waals surface area contributed by atoms with Crippen LogP contribution >= 0.6 is 23.5 Å². The Morgan fingerprint density at radius 2 is 1.47 bits per heavy atom. The Bertz CT molecular complexity index is 2030. The van der Waals surface area contributed by atoms with Crippen molar-refractivity contribution in [2.75, 3.05) is 24.7 Å². The molecule has 4 aromatic heterocycles. The summed E-state index contributed by atoms with van der Waals surface area (Å²) >= 11 is 0. The summed E-state index contributed by atoms with van der Waals surface area (Å²) in [5, 5.41) is 49.9. The van der Waals surface area contributed by atoms with E-state index in [2.05, 4.69) is 38.1 Å². The lowest BCUT2D eigenvalue weighted by molar-refractivity contribution is -0.0949. The third-order valence-electron chi connectivity index (χ3n) is 7.50. The standard InChI is InChI=1S/C11H18N5O13P3.C11H14N4O4.C2H6/c1-11(18)7(17)5(2-26-31(22,23)29-32(24,25)28-30(19,20)21)27-10(11)16-4-15-6-8(12)13-3-14-9(6)16;12-5-1-2-13-10-7(5)14-4-15(10)11-9(18)8(17)6(3-16)19-11;1-2/h3-5,7,10,17-18H,2H2,1H3,(H,22,23)(H,24,25)(H2,12,13,14)(H2,19,20,21);1-2,4,6,8-9,11,16-18H,3H2,(H2,12,13);1-2H3/t5-,7+,10-,11?;6-,8+,9?,11-;/m11./s1. The van der Waals surface area contributed by atoms with E-state index in [9.17, 15) is 39.0 Å². The summed E-state index contributed by atoms with van der Waals surface area (Å²) in [6, 6.07) is 1.62. The average molecular weight is 818 g/mol. The van der Waals surface area contributed by atoms with E-state index in [4.69, 9.17) is 40.7 Å². The summed E-state index contributed by atoms with van der Waals surface area (Å²) in [4.78, 5) is 55.7. The van der Waals surface area contributed by atoms with E-state index in [-0.39, 0.29) is 23.6 Å². The number of hydrogen-bond acceptors (Lipinski definition) is 20. The number of aliphatic hydroxyl groups is 5. The fourth-order valence-electron chi connectivity index (χ4n) is 5.14. The molecule has 2 saturated heterocycles. The molecule has 53 heavy (non-hydrogen) atoms. The molecule has 0 saturated carbocycles.